The molecule has 6 nitrogen and oxygen atoms in total. The first-order valence-corrected chi connectivity index (χ1v) is 7.13. The predicted octanol–water partition coefficient (Wildman–Crippen LogP) is 2.38. The molecule has 4 N–H and O–H groups in total. The Labute approximate surface area is 134 Å². The Morgan fingerprint density at radius 3 is 3.00 bits per heavy atom. The van der Waals surface area contributed by atoms with Crippen LogP contribution in [0.3, 0.4) is 0 Å². The zero-order valence-corrected chi connectivity index (χ0v) is 12.9. The maximum Gasteiger partial charge on any atom is 0.191 e. The number of pyridine rings is 1. The number of hydrazone groups is 1. The summed E-state index contributed by atoms with van der Waals surface area (Å²) in [5.74, 6) is 0.733. The fourth-order valence-electron chi connectivity index (χ4n) is 1.70. The van der Waals surface area contributed by atoms with Crippen molar-refractivity contribution >= 4 is 34.9 Å². The van der Waals surface area contributed by atoms with E-state index in [1.807, 2.05) is 31.2 Å². The average molecular weight is 315 g/mol. The van der Waals surface area contributed by atoms with Crippen LogP contribution in [-0.4, -0.2) is 22.9 Å². The zero-order chi connectivity index (χ0) is 15.8. The van der Waals surface area contributed by atoms with Crippen LogP contribution in [0.25, 0.3) is 0 Å². The summed E-state index contributed by atoms with van der Waals surface area (Å²) < 4.78 is 5.52. The molecule has 0 aliphatic heterocycles. The Bertz CT molecular complexity index is 674. The van der Waals surface area contributed by atoms with Gasteiger partial charge < -0.3 is 15.8 Å². The minimum atomic E-state index is 0.357. The van der Waals surface area contributed by atoms with Gasteiger partial charge in [-0.3, -0.25) is 10.4 Å². The smallest absolute Gasteiger partial charge is 0.191 e. The van der Waals surface area contributed by atoms with E-state index in [1.165, 1.54) is 0 Å². The number of nitrogens with one attached hydrogen (secondary N) is 2. The van der Waals surface area contributed by atoms with Gasteiger partial charge in [-0.05, 0) is 37.3 Å². The summed E-state index contributed by atoms with van der Waals surface area (Å²) in [6, 6.07) is 9.31. The number of aromatic nitrogens is 1. The number of ether oxygens (including phenoxy) is 1. The monoisotopic (exact) mass is 315 g/mol. The lowest BCUT2D eigenvalue weighted by Gasteiger charge is -2.12. The first-order valence-electron chi connectivity index (χ1n) is 6.72. The topological polar surface area (TPSA) is 84.6 Å². The Hall–Kier alpha value is -2.67. The SMILES string of the molecule is CCOc1ccccc1NC(=S)NN=Cc1ccncc1N. The highest BCUT2D eigenvalue weighted by molar-refractivity contribution is 7.80. The molecule has 0 aliphatic carbocycles. The fraction of sp³-hybridized carbons (Fsp3) is 0.133. The van der Waals surface area contributed by atoms with E-state index < -0.39 is 0 Å². The molecule has 7 heteroatoms. The van der Waals surface area contributed by atoms with Crippen LogP contribution < -0.4 is 21.2 Å². The van der Waals surface area contributed by atoms with Crippen LogP contribution in [0.1, 0.15) is 12.5 Å². The normalized spacial score (nSPS) is 10.4. The molecule has 0 aliphatic rings. The maximum atomic E-state index is 5.77. The summed E-state index contributed by atoms with van der Waals surface area (Å²) in [7, 11) is 0. The minimum Gasteiger partial charge on any atom is -0.492 e. The first-order chi connectivity index (χ1) is 10.7. The van der Waals surface area contributed by atoms with Crippen LogP contribution in [0.5, 0.6) is 5.75 Å². The number of nitrogens with zero attached hydrogens (tertiary/aromatic N) is 2. The van der Waals surface area contributed by atoms with Crippen molar-refractivity contribution in [1.82, 2.24) is 10.4 Å². The Morgan fingerprint density at radius 2 is 2.23 bits per heavy atom. The molecule has 0 saturated carbocycles. The van der Waals surface area contributed by atoms with Crippen LogP contribution in [0.15, 0.2) is 47.8 Å². The van der Waals surface area contributed by atoms with E-state index in [0.29, 0.717) is 17.4 Å². The molecule has 0 atom stereocenters. The van der Waals surface area contributed by atoms with Crippen molar-refractivity contribution in [3.8, 4) is 5.75 Å². The minimum absolute atomic E-state index is 0.357. The lowest BCUT2D eigenvalue weighted by atomic mass is 10.2. The lowest BCUT2D eigenvalue weighted by molar-refractivity contribution is 0.342. The van der Waals surface area contributed by atoms with Gasteiger partial charge >= 0.3 is 0 Å². The number of rotatable bonds is 5. The fourth-order valence-corrected chi connectivity index (χ4v) is 1.86. The number of hydrogen-bond acceptors (Lipinski definition) is 5. The Morgan fingerprint density at radius 1 is 1.41 bits per heavy atom. The molecule has 1 heterocycles. The number of hydrogen-bond donors (Lipinski definition) is 3. The Kier molecular flexibility index (Phi) is 5.67. The van der Waals surface area contributed by atoms with E-state index in [-0.39, 0.29) is 0 Å². The molecule has 114 valence electrons. The zero-order valence-electron chi connectivity index (χ0n) is 12.1. The second kappa shape index (κ2) is 7.94. The molecule has 22 heavy (non-hydrogen) atoms. The summed E-state index contributed by atoms with van der Waals surface area (Å²) in [5.41, 5.74) is 10.6. The van der Waals surface area contributed by atoms with Gasteiger partial charge in [-0.25, -0.2) is 0 Å². The second-order valence-electron chi connectivity index (χ2n) is 4.26. The molecule has 0 bridgehead atoms. The van der Waals surface area contributed by atoms with Crippen molar-refractivity contribution in [2.45, 2.75) is 6.92 Å². The standard InChI is InChI=1S/C15H17N5OS/c1-2-21-14-6-4-3-5-13(14)19-15(22)20-18-9-11-7-8-17-10-12(11)16/h3-10H,2,16H2,1H3,(H2,19,20,22). The molecule has 2 rings (SSSR count). The van der Waals surface area contributed by atoms with Gasteiger partial charge in [0.2, 0.25) is 0 Å². The molecule has 0 saturated heterocycles. The third-order valence-corrected chi connectivity index (χ3v) is 2.89. The highest BCUT2D eigenvalue weighted by Gasteiger charge is 2.03. The van der Waals surface area contributed by atoms with Crippen molar-refractivity contribution in [3.05, 3.63) is 48.3 Å². The van der Waals surface area contributed by atoms with Crippen LogP contribution in [0.2, 0.25) is 0 Å². The largest absolute Gasteiger partial charge is 0.492 e. The van der Waals surface area contributed by atoms with E-state index in [1.54, 1.807) is 24.7 Å². The van der Waals surface area contributed by atoms with Gasteiger partial charge in [0.15, 0.2) is 5.11 Å². The third-order valence-electron chi connectivity index (χ3n) is 2.69. The van der Waals surface area contributed by atoms with E-state index in [9.17, 15) is 0 Å². The molecule has 0 fully saturated rings. The highest BCUT2D eigenvalue weighted by atomic mass is 32.1. The first kappa shape index (κ1) is 15.7. The Balaban J connectivity index is 1.95. The number of benzene rings is 1. The molecule has 1 aromatic carbocycles. The van der Waals surface area contributed by atoms with Crippen LogP contribution in [0, 0.1) is 0 Å². The van der Waals surface area contributed by atoms with Gasteiger partial charge in [0, 0.05) is 11.8 Å². The van der Waals surface area contributed by atoms with Gasteiger partial charge in [0.25, 0.3) is 0 Å². The lowest BCUT2D eigenvalue weighted by Crippen LogP contribution is -2.24. The summed E-state index contributed by atoms with van der Waals surface area (Å²) in [6.07, 6.45) is 4.79. The molecule has 0 spiro atoms. The molecule has 2 aromatic rings. The summed E-state index contributed by atoms with van der Waals surface area (Å²) in [5, 5.41) is 7.44. The summed E-state index contributed by atoms with van der Waals surface area (Å²) in [4.78, 5) is 3.91. The highest BCUT2D eigenvalue weighted by Crippen LogP contribution is 2.23. The predicted molar refractivity (Wildman–Crippen MR) is 93.2 cm³/mol. The quantitative estimate of drug-likeness (QED) is 0.446. The summed E-state index contributed by atoms with van der Waals surface area (Å²) in [6.45, 7) is 2.51. The number of anilines is 2. The molecule has 0 radical (unpaired) electrons. The van der Waals surface area contributed by atoms with Gasteiger partial charge in [0.1, 0.15) is 5.75 Å². The number of para-hydroxylation sites is 2. The van der Waals surface area contributed by atoms with Crippen LogP contribution in [-0.2, 0) is 0 Å². The maximum absolute atomic E-state index is 5.77. The van der Waals surface area contributed by atoms with Crippen LogP contribution in [0.4, 0.5) is 11.4 Å². The number of nitrogens with two attached hydrogens (primary N) is 1. The van der Waals surface area contributed by atoms with Crippen molar-refractivity contribution in [2.75, 3.05) is 17.7 Å². The molecule has 0 amide bonds. The van der Waals surface area contributed by atoms with E-state index >= 15 is 0 Å². The van der Waals surface area contributed by atoms with E-state index in [2.05, 4.69) is 20.8 Å². The summed E-state index contributed by atoms with van der Waals surface area (Å²) >= 11 is 5.19. The van der Waals surface area contributed by atoms with Gasteiger partial charge in [0.05, 0.1) is 30.4 Å². The van der Waals surface area contributed by atoms with Crippen LogP contribution >= 0.6 is 12.2 Å². The second-order valence-corrected chi connectivity index (χ2v) is 4.67. The third kappa shape index (κ3) is 4.42. The number of nitrogen functional groups attached to an aromatic ring is 1. The van der Waals surface area contributed by atoms with E-state index in [4.69, 9.17) is 22.7 Å². The van der Waals surface area contributed by atoms with Crippen molar-refractivity contribution in [1.29, 1.82) is 0 Å². The average Bonchev–Trinajstić information content (AvgIpc) is 2.51. The molecular formula is C15H17N5OS. The van der Waals surface area contributed by atoms with Gasteiger partial charge in [-0.2, -0.15) is 5.10 Å². The van der Waals surface area contributed by atoms with Crippen molar-refractivity contribution in [2.24, 2.45) is 5.10 Å². The van der Waals surface area contributed by atoms with E-state index in [0.717, 1.165) is 17.0 Å². The molecule has 1 aromatic heterocycles. The van der Waals surface area contributed by atoms with Gasteiger partial charge in [-0.15, -0.1) is 0 Å². The molecular weight excluding hydrogens is 298 g/mol. The van der Waals surface area contributed by atoms with Crippen molar-refractivity contribution < 1.29 is 4.74 Å². The van der Waals surface area contributed by atoms with Gasteiger partial charge in [-0.1, -0.05) is 12.1 Å². The number of thiocarbonyl (C=S) groups is 1. The van der Waals surface area contributed by atoms with Crippen molar-refractivity contribution in [3.63, 3.8) is 0 Å². The molecule has 0 unspecified atom stereocenters.